The number of hydrogen-bond acceptors (Lipinski definition) is 4. The van der Waals surface area contributed by atoms with E-state index in [9.17, 15) is 9.59 Å². The molecule has 0 aliphatic rings. The van der Waals surface area contributed by atoms with Gasteiger partial charge in [-0.1, -0.05) is 35.9 Å². The van der Waals surface area contributed by atoms with Crippen molar-refractivity contribution in [3.63, 3.8) is 0 Å². The molecule has 3 rings (SSSR count). The van der Waals surface area contributed by atoms with E-state index in [1.54, 1.807) is 24.4 Å². The van der Waals surface area contributed by atoms with Crippen LogP contribution in [0.15, 0.2) is 59.5 Å². The minimum atomic E-state index is -0.273. The molecule has 1 amide bonds. The Balaban J connectivity index is 1.58. The lowest BCUT2D eigenvalue weighted by Gasteiger charge is -2.08. The Morgan fingerprint density at radius 2 is 2.00 bits per heavy atom. The third kappa shape index (κ3) is 3.78. The molecule has 6 heteroatoms. The first-order valence-corrected chi connectivity index (χ1v) is 7.55. The summed E-state index contributed by atoms with van der Waals surface area (Å²) in [5, 5.41) is 2.77. The number of amides is 1. The number of hydrogen-bond donors (Lipinski definition) is 1. The number of pyridine rings is 1. The van der Waals surface area contributed by atoms with Gasteiger partial charge < -0.3 is 10.1 Å². The summed E-state index contributed by atoms with van der Waals surface area (Å²) in [5.74, 6) is -0.137. The van der Waals surface area contributed by atoms with Gasteiger partial charge >= 0.3 is 0 Å². The van der Waals surface area contributed by atoms with E-state index < -0.39 is 0 Å². The molecule has 0 saturated carbocycles. The van der Waals surface area contributed by atoms with Crippen molar-refractivity contribution in [1.82, 2.24) is 14.7 Å². The molecule has 0 unspecified atom stereocenters. The monoisotopic (exact) mass is 323 g/mol. The predicted molar refractivity (Wildman–Crippen MR) is 90.0 cm³/mol. The summed E-state index contributed by atoms with van der Waals surface area (Å²) in [6, 6.07) is 14.4. The maximum absolute atomic E-state index is 11.9. The molecule has 0 saturated heterocycles. The van der Waals surface area contributed by atoms with Gasteiger partial charge in [0.05, 0.1) is 6.07 Å². The zero-order valence-electron chi connectivity index (χ0n) is 13.2. The third-order valence-electron chi connectivity index (χ3n) is 3.51. The number of aryl methyl sites for hydroxylation is 1. The molecule has 122 valence electrons. The van der Waals surface area contributed by atoms with Crippen molar-refractivity contribution in [3.8, 4) is 5.88 Å². The Morgan fingerprint density at radius 3 is 2.79 bits per heavy atom. The van der Waals surface area contributed by atoms with Crippen LogP contribution >= 0.6 is 0 Å². The lowest BCUT2D eigenvalue weighted by molar-refractivity contribution is -0.123. The van der Waals surface area contributed by atoms with Gasteiger partial charge in [-0.25, -0.2) is 0 Å². The molecule has 0 radical (unpaired) electrons. The van der Waals surface area contributed by atoms with Crippen LogP contribution in [-0.2, 0) is 11.3 Å². The average molecular weight is 323 g/mol. The van der Waals surface area contributed by atoms with Crippen LogP contribution in [0.5, 0.6) is 5.88 Å². The Hall–Kier alpha value is -3.15. The molecule has 0 spiro atoms. The molecule has 0 fully saturated rings. The number of ether oxygens (including phenoxy) is 1. The molecule has 1 N–H and O–H groups in total. The lowest BCUT2D eigenvalue weighted by Crippen LogP contribution is -2.29. The number of carbonyl (C=O) groups is 1. The first-order valence-electron chi connectivity index (χ1n) is 7.55. The summed E-state index contributed by atoms with van der Waals surface area (Å²) in [4.78, 5) is 28.0. The molecule has 1 aromatic carbocycles. The number of aromatic nitrogens is 2. The van der Waals surface area contributed by atoms with Gasteiger partial charge in [-0.3, -0.25) is 14.0 Å². The van der Waals surface area contributed by atoms with Crippen LogP contribution in [0.1, 0.15) is 11.1 Å². The molecule has 2 heterocycles. The van der Waals surface area contributed by atoms with Crippen LogP contribution in [-0.4, -0.2) is 21.9 Å². The third-order valence-corrected chi connectivity index (χ3v) is 3.51. The molecule has 2 aromatic heterocycles. The highest BCUT2D eigenvalue weighted by molar-refractivity contribution is 5.77. The smallest absolute Gasteiger partial charge is 0.261 e. The van der Waals surface area contributed by atoms with E-state index in [1.807, 2.05) is 31.2 Å². The fourth-order valence-corrected chi connectivity index (χ4v) is 2.20. The highest BCUT2D eigenvalue weighted by Crippen LogP contribution is 2.06. The zero-order valence-corrected chi connectivity index (χ0v) is 13.2. The highest BCUT2D eigenvalue weighted by atomic mass is 16.5. The second-order valence-electron chi connectivity index (χ2n) is 5.41. The summed E-state index contributed by atoms with van der Waals surface area (Å²) in [6.07, 6.45) is 1.63. The number of benzene rings is 1. The molecular weight excluding hydrogens is 306 g/mol. The van der Waals surface area contributed by atoms with Crippen molar-refractivity contribution < 1.29 is 9.53 Å². The van der Waals surface area contributed by atoms with Crippen LogP contribution < -0.4 is 15.6 Å². The Bertz CT molecular complexity index is 917. The molecule has 0 bridgehead atoms. The molecule has 0 aliphatic heterocycles. The second-order valence-corrected chi connectivity index (χ2v) is 5.41. The quantitative estimate of drug-likeness (QED) is 0.776. The van der Waals surface area contributed by atoms with E-state index in [4.69, 9.17) is 4.74 Å². The maximum Gasteiger partial charge on any atom is 0.261 e. The Kier molecular flexibility index (Phi) is 4.56. The Labute approximate surface area is 138 Å². The van der Waals surface area contributed by atoms with Crippen LogP contribution in [0.4, 0.5) is 0 Å². The van der Waals surface area contributed by atoms with E-state index in [0.717, 1.165) is 5.56 Å². The van der Waals surface area contributed by atoms with Crippen LogP contribution in [0.25, 0.3) is 5.65 Å². The summed E-state index contributed by atoms with van der Waals surface area (Å²) in [7, 11) is 0. The molecule has 3 aromatic rings. The van der Waals surface area contributed by atoms with Crippen LogP contribution in [0.2, 0.25) is 0 Å². The van der Waals surface area contributed by atoms with Crippen molar-refractivity contribution >= 4 is 11.6 Å². The number of carbonyl (C=O) groups excluding carboxylic acids is 1. The highest BCUT2D eigenvalue weighted by Gasteiger charge is 2.06. The summed E-state index contributed by atoms with van der Waals surface area (Å²) < 4.78 is 6.73. The molecular formula is C18H17N3O3. The van der Waals surface area contributed by atoms with Crippen molar-refractivity contribution in [3.05, 3.63) is 76.2 Å². The number of fused-ring (bicyclic) bond motifs is 1. The van der Waals surface area contributed by atoms with E-state index in [0.29, 0.717) is 12.2 Å². The molecule has 0 aliphatic carbocycles. The van der Waals surface area contributed by atoms with Crippen LogP contribution in [0.3, 0.4) is 0 Å². The van der Waals surface area contributed by atoms with E-state index in [-0.39, 0.29) is 24.0 Å². The fraction of sp³-hybridized carbons (Fsp3) is 0.167. The molecule has 0 atom stereocenters. The van der Waals surface area contributed by atoms with Gasteiger partial charge in [-0.2, -0.15) is 4.98 Å². The van der Waals surface area contributed by atoms with Gasteiger partial charge in [0.15, 0.2) is 6.61 Å². The van der Waals surface area contributed by atoms with Gasteiger partial charge in [0.25, 0.3) is 11.5 Å². The summed E-state index contributed by atoms with van der Waals surface area (Å²) >= 11 is 0. The van der Waals surface area contributed by atoms with Gasteiger partial charge in [0.1, 0.15) is 5.65 Å². The fourth-order valence-electron chi connectivity index (χ4n) is 2.20. The summed E-state index contributed by atoms with van der Waals surface area (Å²) in [5.41, 5.74) is 2.40. The standard InChI is InChI=1S/C18H17N3O3/c1-13-5-7-14(8-6-13)11-19-16(22)12-24-17-10-18(23)21-9-3-2-4-15(21)20-17/h2-10H,11-12H2,1H3,(H,19,22). The minimum absolute atomic E-state index is 0.136. The number of rotatable bonds is 5. The van der Waals surface area contributed by atoms with Crippen molar-refractivity contribution in [1.29, 1.82) is 0 Å². The topological polar surface area (TPSA) is 72.7 Å². The van der Waals surface area contributed by atoms with Gasteiger partial charge in [0.2, 0.25) is 5.88 Å². The predicted octanol–water partition coefficient (Wildman–Crippen LogP) is 1.70. The van der Waals surface area contributed by atoms with Gasteiger partial charge in [-0.05, 0) is 24.6 Å². The average Bonchev–Trinajstić information content (AvgIpc) is 2.59. The Morgan fingerprint density at radius 1 is 1.21 bits per heavy atom. The lowest BCUT2D eigenvalue weighted by atomic mass is 10.1. The van der Waals surface area contributed by atoms with Crippen molar-refractivity contribution in [2.24, 2.45) is 0 Å². The maximum atomic E-state index is 11.9. The first kappa shape index (κ1) is 15.7. The van der Waals surface area contributed by atoms with E-state index in [2.05, 4.69) is 10.3 Å². The number of nitrogens with zero attached hydrogens (tertiary/aromatic N) is 2. The van der Waals surface area contributed by atoms with E-state index >= 15 is 0 Å². The number of nitrogens with one attached hydrogen (secondary N) is 1. The normalized spacial score (nSPS) is 10.5. The summed E-state index contributed by atoms with van der Waals surface area (Å²) in [6.45, 7) is 2.24. The van der Waals surface area contributed by atoms with Gasteiger partial charge in [-0.15, -0.1) is 0 Å². The minimum Gasteiger partial charge on any atom is -0.467 e. The second kappa shape index (κ2) is 6.95. The SMILES string of the molecule is Cc1ccc(CNC(=O)COc2cc(=O)n3ccccc3n2)cc1. The molecule has 6 nitrogen and oxygen atoms in total. The van der Waals surface area contributed by atoms with E-state index in [1.165, 1.54) is 16.0 Å². The zero-order chi connectivity index (χ0) is 16.9. The molecule has 24 heavy (non-hydrogen) atoms. The van der Waals surface area contributed by atoms with Crippen molar-refractivity contribution in [2.75, 3.05) is 6.61 Å². The first-order chi connectivity index (χ1) is 11.6. The van der Waals surface area contributed by atoms with Crippen LogP contribution in [0, 0.1) is 6.92 Å². The van der Waals surface area contributed by atoms with Gasteiger partial charge in [0, 0.05) is 12.7 Å². The largest absolute Gasteiger partial charge is 0.467 e. The van der Waals surface area contributed by atoms with Crippen molar-refractivity contribution in [2.45, 2.75) is 13.5 Å².